The van der Waals surface area contributed by atoms with Gasteiger partial charge in [-0.05, 0) is 54.3 Å². The summed E-state index contributed by atoms with van der Waals surface area (Å²) in [6, 6.07) is 7.24. The first-order valence-corrected chi connectivity index (χ1v) is 8.17. The van der Waals surface area contributed by atoms with Crippen LogP contribution >= 0.6 is 0 Å². The number of alkyl halides is 6. The molecule has 150 valence electrons. The second-order valence-corrected chi connectivity index (χ2v) is 5.95. The molecule has 2 aromatic carbocycles. The van der Waals surface area contributed by atoms with E-state index in [-0.39, 0.29) is 23.8 Å². The quantitative estimate of drug-likeness (QED) is 0.338. The van der Waals surface area contributed by atoms with Crippen LogP contribution in [0.15, 0.2) is 48.5 Å². The van der Waals surface area contributed by atoms with Crippen LogP contribution in [0.25, 0.3) is 16.7 Å². The number of hydrogen-bond donors (Lipinski definition) is 0. The van der Waals surface area contributed by atoms with E-state index in [4.69, 9.17) is 4.74 Å². The topological polar surface area (TPSA) is 26.3 Å². The maximum absolute atomic E-state index is 13.0. The van der Waals surface area contributed by atoms with Crippen LogP contribution in [0.2, 0.25) is 0 Å². The molecule has 0 fully saturated rings. The van der Waals surface area contributed by atoms with Gasteiger partial charge in [0.25, 0.3) is 0 Å². The number of rotatable bonds is 4. The predicted octanol–water partition coefficient (Wildman–Crippen LogP) is 6.36. The molecule has 0 aromatic heterocycles. The van der Waals surface area contributed by atoms with Crippen LogP contribution in [-0.2, 0) is 21.9 Å². The summed E-state index contributed by atoms with van der Waals surface area (Å²) < 4.78 is 82.7. The summed E-state index contributed by atoms with van der Waals surface area (Å²) in [6.45, 7) is 3.50. The van der Waals surface area contributed by atoms with Crippen molar-refractivity contribution >= 4 is 11.5 Å². The van der Waals surface area contributed by atoms with Gasteiger partial charge in [-0.3, -0.25) is 0 Å². The SMILES string of the molecule is CCOC(=O)/C=C(\C)c1ccc(-c2cc(C(F)(F)F)cc(C(F)(F)F)c2)cc1. The third-order valence-corrected chi connectivity index (χ3v) is 3.88. The molecule has 8 heteroatoms. The first-order valence-electron chi connectivity index (χ1n) is 8.17. The molecule has 28 heavy (non-hydrogen) atoms. The molecule has 0 bridgehead atoms. The molecule has 0 aliphatic rings. The van der Waals surface area contributed by atoms with Gasteiger partial charge in [-0.1, -0.05) is 24.3 Å². The first kappa shape index (κ1) is 21.5. The molecule has 2 rings (SSSR count). The second-order valence-electron chi connectivity index (χ2n) is 5.95. The smallest absolute Gasteiger partial charge is 0.416 e. The van der Waals surface area contributed by atoms with Crippen LogP contribution < -0.4 is 0 Å². The highest BCUT2D eigenvalue weighted by Crippen LogP contribution is 2.38. The minimum atomic E-state index is -4.91. The van der Waals surface area contributed by atoms with Crippen molar-refractivity contribution in [1.82, 2.24) is 0 Å². The molecule has 2 nitrogen and oxygen atoms in total. The summed E-state index contributed by atoms with van der Waals surface area (Å²) in [5.41, 5.74) is -1.64. The van der Waals surface area contributed by atoms with E-state index in [1.165, 1.54) is 30.3 Å². The van der Waals surface area contributed by atoms with E-state index in [9.17, 15) is 31.1 Å². The van der Waals surface area contributed by atoms with Crippen LogP contribution in [0, 0.1) is 0 Å². The van der Waals surface area contributed by atoms with Crippen LogP contribution in [0.4, 0.5) is 26.3 Å². The maximum Gasteiger partial charge on any atom is 0.416 e. The van der Waals surface area contributed by atoms with Gasteiger partial charge < -0.3 is 4.74 Å². The number of ether oxygens (including phenoxy) is 1. The normalized spacial score (nSPS) is 12.8. The van der Waals surface area contributed by atoms with E-state index in [0.29, 0.717) is 23.3 Å². The molecule has 0 spiro atoms. The van der Waals surface area contributed by atoms with Crippen molar-refractivity contribution in [2.45, 2.75) is 26.2 Å². The van der Waals surface area contributed by atoms with Crippen molar-refractivity contribution in [3.8, 4) is 11.1 Å². The Hall–Kier alpha value is -2.77. The number of halogens is 6. The van der Waals surface area contributed by atoms with Crippen LogP contribution in [0.1, 0.15) is 30.5 Å². The molecule has 0 aliphatic heterocycles. The summed E-state index contributed by atoms with van der Waals surface area (Å²) in [5.74, 6) is -0.545. The van der Waals surface area contributed by atoms with Gasteiger partial charge >= 0.3 is 18.3 Å². The molecular weight excluding hydrogens is 386 g/mol. The third kappa shape index (κ3) is 5.37. The number of benzene rings is 2. The Kier molecular flexibility index (Phi) is 6.21. The lowest BCUT2D eigenvalue weighted by Gasteiger charge is -2.14. The molecule has 0 heterocycles. The molecule has 2 aromatic rings. The van der Waals surface area contributed by atoms with Crippen molar-refractivity contribution in [2.75, 3.05) is 6.61 Å². The lowest BCUT2D eigenvalue weighted by molar-refractivity contribution is -0.143. The monoisotopic (exact) mass is 402 g/mol. The van der Waals surface area contributed by atoms with Gasteiger partial charge in [0, 0.05) is 6.08 Å². The van der Waals surface area contributed by atoms with Gasteiger partial charge in [-0.15, -0.1) is 0 Å². The van der Waals surface area contributed by atoms with Gasteiger partial charge in [-0.2, -0.15) is 26.3 Å². The fourth-order valence-corrected chi connectivity index (χ4v) is 2.49. The van der Waals surface area contributed by atoms with Gasteiger partial charge in [0.05, 0.1) is 17.7 Å². The van der Waals surface area contributed by atoms with Crippen molar-refractivity contribution in [3.63, 3.8) is 0 Å². The molecule has 0 saturated carbocycles. The Balaban J connectivity index is 2.44. The fourth-order valence-electron chi connectivity index (χ4n) is 2.49. The fraction of sp³-hybridized carbons (Fsp3) is 0.250. The average Bonchev–Trinajstić information content (AvgIpc) is 2.60. The summed E-state index contributed by atoms with van der Waals surface area (Å²) in [4.78, 5) is 11.5. The number of hydrogen-bond acceptors (Lipinski definition) is 2. The Morgan fingerprint density at radius 3 is 1.82 bits per heavy atom. The van der Waals surface area contributed by atoms with Crippen molar-refractivity contribution in [2.24, 2.45) is 0 Å². The number of carbonyl (C=O) groups excluding carboxylic acids is 1. The minimum absolute atomic E-state index is 0.0874. The van der Waals surface area contributed by atoms with E-state index >= 15 is 0 Å². The molecule has 0 unspecified atom stereocenters. The zero-order chi connectivity index (χ0) is 21.1. The van der Waals surface area contributed by atoms with Gasteiger partial charge in [-0.25, -0.2) is 4.79 Å². The Bertz CT molecular complexity index is 845. The zero-order valence-corrected chi connectivity index (χ0v) is 14.9. The van der Waals surface area contributed by atoms with Gasteiger partial charge in [0.1, 0.15) is 0 Å². The summed E-state index contributed by atoms with van der Waals surface area (Å²) >= 11 is 0. The molecular formula is C20H16F6O2. The minimum Gasteiger partial charge on any atom is -0.463 e. The van der Waals surface area contributed by atoms with E-state index in [0.717, 1.165) is 0 Å². The standard InChI is InChI=1S/C20H16F6O2/c1-3-28-18(27)8-12(2)13-4-6-14(7-5-13)15-9-16(19(21,22)23)11-17(10-15)20(24,25)26/h4-11H,3H2,1-2H3/b12-8+. The van der Waals surface area contributed by atoms with E-state index in [1.807, 2.05) is 0 Å². The van der Waals surface area contributed by atoms with Crippen LogP contribution in [0.5, 0.6) is 0 Å². The zero-order valence-electron chi connectivity index (χ0n) is 14.9. The summed E-state index contributed by atoms with van der Waals surface area (Å²) in [7, 11) is 0. The summed E-state index contributed by atoms with van der Waals surface area (Å²) in [5, 5.41) is 0. The molecule has 0 aliphatic carbocycles. The van der Waals surface area contributed by atoms with Crippen molar-refractivity contribution in [3.05, 3.63) is 65.2 Å². The van der Waals surface area contributed by atoms with E-state index < -0.39 is 29.4 Å². The number of allylic oxidation sites excluding steroid dienone is 1. The number of carbonyl (C=O) groups is 1. The first-order chi connectivity index (χ1) is 12.9. The van der Waals surface area contributed by atoms with E-state index in [1.54, 1.807) is 13.8 Å². The van der Waals surface area contributed by atoms with Crippen LogP contribution in [0.3, 0.4) is 0 Å². The lowest BCUT2D eigenvalue weighted by Crippen LogP contribution is -2.11. The van der Waals surface area contributed by atoms with E-state index in [2.05, 4.69) is 0 Å². The van der Waals surface area contributed by atoms with Gasteiger partial charge in [0.2, 0.25) is 0 Å². The lowest BCUT2D eigenvalue weighted by atomic mass is 9.97. The van der Waals surface area contributed by atoms with Crippen molar-refractivity contribution in [1.29, 1.82) is 0 Å². The Labute approximate surface area is 157 Å². The molecule has 0 saturated heterocycles. The van der Waals surface area contributed by atoms with Crippen LogP contribution in [-0.4, -0.2) is 12.6 Å². The third-order valence-electron chi connectivity index (χ3n) is 3.88. The Morgan fingerprint density at radius 2 is 1.39 bits per heavy atom. The maximum atomic E-state index is 13.0. The summed E-state index contributed by atoms with van der Waals surface area (Å²) in [6.07, 6.45) is -8.56. The molecule has 0 N–H and O–H groups in total. The highest BCUT2D eigenvalue weighted by Gasteiger charge is 2.36. The predicted molar refractivity (Wildman–Crippen MR) is 92.2 cm³/mol. The molecule has 0 atom stereocenters. The number of esters is 1. The Morgan fingerprint density at radius 1 is 0.893 bits per heavy atom. The molecule has 0 radical (unpaired) electrons. The van der Waals surface area contributed by atoms with Crippen molar-refractivity contribution < 1.29 is 35.9 Å². The van der Waals surface area contributed by atoms with Gasteiger partial charge in [0.15, 0.2) is 0 Å². The largest absolute Gasteiger partial charge is 0.463 e. The highest BCUT2D eigenvalue weighted by molar-refractivity contribution is 5.91. The molecule has 0 amide bonds. The highest BCUT2D eigenvalue weighted by atomic mass is 19.4. The average molecular weight is 402 g/mol. The second kappa shape index (κ2) is 8.08.